The number of aromatic nitrogens is 1. The number of hydrogen-bond acceptors (Lipinski definition) is 4. The van der Waals surface area contributed by atoms with E-state index in [4.69, 9.17) is 0 Å². The number of hydrogen-bond donors (Lipinski definition) is 0. The van der Waals surface area contributed by atoms with Crippen LogP contribution in [0.4, 0.5) is 5.13 Å². The maximum atomic E-state index is 12.4. The Labute approximate surface area is 141 Å². The second-order valence-electron chi connectivity index (χ2n) is 6.11. The Bertz CT molecular complexity index is 657. The fraction of sp³-hybridized carbons (Fsp3) is 0.444. The quantitative estimate of drug-likeness (QED) is 0.865. The molecule has 0 radical (unpaired) electrons. The average Bonchev–Trinajstić information content (AvgIpc) is 3.01. The third kappa shape index (κ3) is 4.10. The van der Waals surface area contributed by atoms with Gasteiger partial charge in [-0.15, -0.1) is 11.3 Å². The zero-order valence-electron chi connectivity index (χ0n) is 13.8. The number of nitrogens with zero attached hydrogens (tertiary/aromatic N) is 3. The van der Waals surface area contributed by atoms with Crippen molar-refractivity contribution in [3.63, 3.8) is 0 Å². The van der Waals surface area contributed by atoms with Crippen molar-refractivity contribution in [1.82, 2.24) is 9.88 Å². The summed E-state index contributed by atoms with van der Waals surface area (Å²) in [5.41, 5.74) is 2.49. The number of carbonyl (C=O) groups is 1. The minimum Gasteiger partial charge on any atom is -0.345 e. The van der Waals surface area contributed by atoms with Crippen LogP contribution in [0.3, 0.4) is 0 Å². The molecule has 0 atom stereocenters. The van der Waals surface area contributed by atoms with Gasteiger partial charge in [-0.1, -0.05) is 29.8 Å². The number of amides is 1. The Morgan fingerprint density at radius 3 is 2.43 bits per heavy atom. The van der Waals surface area contributed by atoms with Crippen LogP contribution in [0.5, 0.6) is 0 Å². The van der Waals surface area contributed by atoms with E-state index < -0.39 is 0 Å². The molecule has 1 amide bonds. The van der Waals surface area contributed by atoms with E-state index in [1.807, 2.05) is 11.1 Å². The van der Waals surface area contributed by atoms with E-state index in [0.29, 0.717) is 6.42 Å². The number of rotatable bonds is 4. The second-order valence-corrected chi connectivity index (χ2v) is 7.32. The Morgan fingerprint density at radius 1 is 1.13 bits per heavy atom. The van der Waals surface area contributed by atoms with E-state index >= 15 is 0 Å². The molecule has 1 fully saturated rings. The van der Waals surface area contributed by atoms with Gasteiger partial charge in [0, 0.05) is 43.7 Å². The van der Waals surface area contributed by atoms with E-state index in [0.717, 1.165) is 37.7 Å². The van der Waals surface area contributed by atoms with Crippen LogP contribution >= 0.6 is 11.3 Å². The van der Waals surface area contributed by atoms with E-state index in [-0.39, 0.29) is 5.91 Å². The topological polar surface area (TPSA) is 36.4 Å². The normalized spacial score (nSPS) is 15.0. The van der Waals surface area contributed by atoms with Crippen molar-refractivity contribution in [2.24, 2.45) is 0 Å². The molecule has 0 saturated carbocycles. The van der Waals surface area contributed by atoms with Crippen LogP contribution < -0.4 is 4.90 Å². The molecule has 2 heterocycles. The molecule has 1 aromatic heterocycles. The van der Waals surface area contributed by atoms with Crippen LogP contribution in [0.15, 0.2) is 30.5 Å². The zero-order valence-corrected chi connectivity index (χ0v) is 14.6. The highest BCUT2D eigenvalue weighted by atomic mass is 32.1. The van der Waals surface area contributed by atoms with Gasteiger partial charge in [0.1, 0.15) is 0 Å². The molecule has 122 valence electrons. The molecule has 1 aliphatic rings. The number of aryl methyl sites for hydroxylation is 3. The Morgan fingerprint density at radius 2 is 1.83 bits per heavy atom. The molecular formula is C18H23N3OS. The molecule has 2 aromatic rings. The molecule has 1 saturated heterocycles. The van der Waals surface area contributed by atoms with Gasteiger partial charge in [0.15, 0.2) is 5.13 Å². The lowest BCUT2D eigenvalue weighted by molar-refractivity contribution is -0.131. The first-order valence-electron chi connectivity index (χ1n) is 8.12. The highest BCUT2D eigenvalue weighted by Gasteiger charge is 2.22. The summed E-state index contributed by atoms with van der Waals surface area (Å²) in [6, 6.07) is 8.44. The van der Waals surface area contributed by atoms with Gasteiger partial charge < -0.3 is 9.80 Å². The molecule has 1 aromatic carbocycles. The van der Waals surface area contributed by atoms with Crippen LogP contribution in [-0.2, 0) is 11.2 Å². The average molecular weight is 329 g/mol. The van der Waals surface area contributed by atoms with Gasteiger partial charge in [0.25, 0.3) is 0 Å². The smallest absolute Gasteiger partial charge is 0.223 e. The molecule has 4 nitrogen and oxygen atoms in total. The van der Waals surface area contributed by atoms with E-state index in [1.165, 1.54) is 16.0 Å². The van der Waals surface area contributed by atoms with Crippen molar-refractivity contribution in [3.8, 4) is 0 Å². The van der Waals surface area contributed by atoms with Gasteiger partial charge in [0.2, 0.25) is 5.91 Å². The summed E-state index contributed by atoms with van der Waals surface area (Å²) in [5, 5.41) is 1.08. The summed E-state index contributed by atoms with van der Waals surface area (Å²) in [6.07, 6.45) is 3.34. The summed E-state index contributed by atoms with van der Waals surface area (Å²) in [5.74, 6) is 0.264. The number of piperazine rings is 1. The largest absolute Gasteiger partial charge is 0.345 e. The van der Waals surface area contributed by atoms with E-state index in [9.17, 15) is 4.79 Å². The van der Waals surface area contributed by atoms with Crippen LogP contribution in [0.1, 0.15) is 22.4 Å². The summed E-state index contributed by atoms with van der Waals surface area (Å²) in [6.45, 7) is 7.51. The molecule has 0 N–H and O–H groups in total. The second kappa shape index (κ2) is 7.13. The predicted octanol–water partition coefficient (Wildman–Crippen LogP) is 3.04. The van der Waals surface area contributed by atoms with Crippen LogP contribution in [-0.4, -0.2) is 42.0 Å². The van der Waals surface area contributed by atoms with Crippen molar-refractivity contribution in [2.45, 2.75) is 26.7 Å². The maximum absolute atomic E-state index is 12.4. The van der Waals surface area contributed by atoms with Gasteiger partial charge >= 0.3 is 0 Å². The van der Waals surface area contributed by atoms with Gasteiger partial charge in [-0.05, 0) is 25.8 Å². The molecule has 0 bridgehead atoms. The van der Waals surface area contributed by atoms with Crippen LogP contribution in [0.2, 0.25) is 0 Å². The van der Waals surface area contributed by atoms with Gasteiger partial charge in [-0.2, -0.15) is 0 Å². The van der Waals surface area contributed by atoms with Crippen molar-refractivity contribution >= 4 is 22.4 Å². The third-order valence-electron chi connectivity index (χ3n) is 4.26. The monoisotopic (exact) mass is 329 g/mol. The lowest BCUT2D eigenvalue weighted by Gasteiger charge is -2.34. The highest BCUT2D eigenvalue weighted by Crippen LogP contribution is 2.22. The standard InChI is InChI=1S/C18H23N3OS/c1-14-3-5-16(6-4-14)7-8-17(22)20-9-11-21(12-10-20)18-19-13-15(2)23-18/h3-6,13H,7-12H2,1-2H3. The number of benzene rings is 1. The number of carbonyl (C=O) groups excluding carboxylic acids is 1. The van der Waals surface area contributed by atoms with E-state index in [1.54, 1.807) is 11.3 Å². The first-order valence-corrected chi connectivity index (χ1v) is 8.94. The third-order valence-corrected chi connectivity index (χ3v) is 5.23. The van der Waals surface area contributed by atoms with Gasteiger partial charge in [-0.3, -0.25) is 4.79 Å². The number of thiazole rings is 1. The fourth-order valence-corrected chi connectivity index (χ4v) is 3.61. The van der Waals surface area contributed by atoms with Gasteiger partial charge in [-0.25, -0.2) is 4.98 Å². The molecule has 23 heavy (non-hydrogen) atoms. The molecular weight excluding hydrogens is 306 g/mol. The fourth-order valence-electron chi connectivity index (χ4n) is 2.80. The first kappa shape index (κ1) is 16.0. The molecule has 0 aliphatic carbocycles. The number of anilines is 1. The first-order chi connectivity index (χ1) is 11.1. The minimum atomic E-state index is 0.264. The lowest BCUT2D eigenvalue weighted by atomic mass is 10.1. The summed E-state index contributed by atoms with van der Waals surface area (Å²) in [4.78, 5) is 22.3. The zero-order chi connectivity index (χ0) is 16.2. The Hall–Kier alpha value is -1.88. The van der Waals surface area contributed by atoms with Crippen molar-refractivity contribution in [1.29, 1.82) is 0 Å². The Balaban J connectivity index is 1.47. The lowest BCUT2D eigenvalue weighted by Crippen LogP contribution is -2.48. The SMILES string of the molecule is Cc1ccc(CCC(=O)N2CCN(c3ncc(C)s3)CC2)cc1. The summed E-state index contributed by atoms with van der Waals surface area (Å²) in [7, 11) is 0. The molecule has 3 rings (SSSR count). The van der Waals surface area contributed by atoms with Crippen molar-refractivity contribution < 1.29 is 4.79 Å². The molecule has 0 unspecified atom stereocenters. The summed E-state index contributed by atoms with van der Waals surface area (Å²) < 4.78 is 0. The maximum Gasteiger partial charge on any atom is 0.223 e. The minimum absolute atomic E-state index is 0.264. The Kier molecular flexibility index (Phi) is 4.96. The molecule has 0 spiro atoms. The summed E-state index contributed by atoms with van der Waals surface area (Å²) >= 11 is 1.72. The van der Waals surface area contributed by atoms with Crippen LogP contribution in [0, 0.1) is 13.8 Å². The predicted molar refractivity (Wildman–Crippen MR) is 95.1 cm³/mol. The highest BCUT2D eigenvalue weighted by molar-refractivity contribution is 7.15. The van der Waals surface area contributed by atoms with E-state index in [2.05, 4.69) is 48.0 Å². The van der Waals surface area contributed by atoms with Crippen LogP contribution in [0.25, 0.3) is 0 Å². The molecule has 1 aliphatic heterocycles. The van der Waals surface area contributed by atoms with Gasteiger partial charge in [0.05, 0.1) is 0 Å². The molecule has 5 heteroatoms. The van der Waals surface area contributed by atoms with Crippen molar-refractivity contribution in [3.05, 3.63) is 46.5 Å². The van der Waals surface area contributed by atoms with Crippen molar-refractivity contribution in [2.75, 3.05) is 31.1 Å².